The summed E-state index contributed by atoms with van der Waals surface area (Å²) >= 11 is 0. The van der Waals surface area contributed by atoms with Crippen LogP contribution in [-0.4, -0.2) is 24.3 Å². The Bertz CT molecular complexity index is 308. The van der Waals surface area contributed by atoms with E-state index in [0.29, 0.717) is 17.5 Å². The minimum absolute atomic E-state index is 0.398. The van der Waals surface area contributed by atoms with Crippen LogP contribution in [0.2, 0.25) is 0 Å². The standard InChI is InChI=1S/C17H32N2/c1-13(15-10-7-8-12-18-15)19-16-11-6-5-9-14(16)17(2,3)4/h14-16,18H,5-12H2,1-4H3. The first kappa shape index (κ1) is 15.0. The first-order valence-electron chi connectivity index (χ1n) is 8.26. The van der Waals surface area contributed by atoms with E-state index in [-0.39, 0.29) is 0 Å². The zero-order valence-electron chi connectivity index (χ0n) is 13.3. The molecule has 0 spiro atoms. The maximum absolute atomic E-state index is 5.16. The third kappa shape index (κ3) is 4.05. The minimum Gasteiger partial charge on any atom is -0.309 e. The maximum atomic E-state index is 5.16. The highest BCUT2D eigenvalue weighted by atomic mass is 15.0. The molecule has 0 aromatic heterocycles. The maximum Gasteiger partial charge on any atom is 0.0532 e. The molecule has 0 aromatic rings. The Morgan fingerprint density at radius 3 is 2.32 bits per heavy atom. The molecule has 110 valence electrons. The number of rotatable bonds is 2. The van der Waals surface area contributed by atoms with Gasteiger partial charge < -0.3 is 5.32 Å². The van der Waals surface area contributed by atoms with Gasteiger partial charge in [0, 0.05) is 11.8 Å². The lowest BCUT2D eigenvalue weighted by Crippen LogP contribution is -2.41. The van der Waals surface area contributed by atoms with E-state index in [1.54, 1.807) is 0 Å². The predicted molar refractivity (Wildman–Crippen MR) is 84.0 cm³/mol. The van der Waals surface area contributed by atoms with Crippen molar-refractivity contribution in [2.24, 2.45) is 16.3 Å². The van der Waals surface area contributed by atoms with Crippen LogP contribution in [0.4, 0.5) is 0 Å². The summed E-state index contributed by atoms with van der Waals surface area (Å²) in [7, 11) is 0. The van der Waals surface area contributed by atoms with Gasteiger partial charge in [-0.05, 0) is 50.5 Å². The summed E-state index contributed by atoms with van der Waals surface area (Å²) in [5, 5.41) is 3.63. The van der Waals surface area contributed by atoms with Crippen molar-refractivity contribution in [3.05, 3.63) is 0 Å². The van der Waals surface area contributed by atoms with E-state index in [0.717, 1.165) is 5.92 Å². The molecule has 1 saturated heterocycles. The lowest BCUT2D eigenvalue weighted by molar-refractivity contribution is 0.154. The average Bonchev–Trinajstić information content (AvgIpc) is 2.39. The quantitative estimate of drug-likeness (QED) is 0.743. The summed E-state index contributed by atoms with van der Waals surface area (Å²) < 4.78 is 0. The van der Waals surface area contributed by atoms with E-state index in [2.05, 4.69) is 33.0 Å². The van der Waals surface area contributed by atoms with Crippen LogP contribution in [-0.2, 0) is 0 Å². The van der Waals surface area contributed by atoms with E-state index in [4.69, 9.17) is 4.99 Å². The van der Waals surface area contributed by atoms with Gasteiger partial charge in [0.25, 0.3) is 0 Å². The predicted octanol–water partition coefficient (Wildman–Crippen LogP) is 4.19. The highest BCUT2D eigenvalue weighted by Crippen LogP contribution is 2.39. The van der Waals surface area contributed by atoms with Gasteiger partial charge in [0.1, 0.15) is 0 Å². The van der Waals surface area contributed by atoms with Crippen molar-refractivity contribution in [3.8, 4) is 0 Å². The van der Waals surface area contributed by atoms with Gasteiger partial charge in [-0.25, -0.2) is 0 Å². The molecule has 0 radical (unpaired) electrons. The average molecular weight is 264 g/mol. The zero-order chi connectivity index (χ0) is 13.9. The molecule has 0 aromatic carbocycles. The van der Waals surface area contributed by atoms with E-state index < -0.39 is 0 Å². The molecule has 1 aliphatic heterocycles. The van der Waals surface area contributed by atoms with E-state index in [1.165, 1.54) is 57.2 Å². The van der Waals surface area contributed by atoms with Crippen LogP contribution in [0.25, 0.3) is 0 Å². The fourth-order valence-electron chi connectivity index (χ4n) is 3.84. The Morgan fingerprint density at radius 2 is 1.68 bits per heavy atom. The van der Waals surface area contributed by atoms with Gasteiger partial charge in [0.05, 0.1) is 6.04 Å². The molecule has 1 N–H and O–H groups in total. The second-order valence-electron chi connectivity index (χ2n) is 7.60. The van der Waals surface area contributed by atoms with Crippen molar-refractivity contribution in [2.75, 3.05) is 6.54 Å². The third-order valence-electron chi connectivity index (χ3n) is 5.03. The van der Waals surface area contributed by atoms with Crippen LogP contribution in [0.3, 0.4) is 0 Å². The SMILES string of the molecule is CC(=NC1CCCCC1C(C)(C)C)C1CCCCN1. The van der Waals surface area contributed by atoms with Crippen LogP contribution in [0, 0.1) is 11.3 Å². The Hall–Kier alpha value is -0.370. The van der Waals surface area contributed by atoms with Crippen LogP contribution >= 0.6 is 0 Å². The van der Waals surface area contributed by atoms with Gasteiger partial charge in [-0.3, -0.25) is 4.99 Å². The number of nitrogens with one attached hydrogen (secondary N) is 1. The third-order valence-corrected chi connectivity index (χ3v) is 5.03. The summed E-state index contributed by atoms with van der Waals surface area (Å²) in [5.41, 5.74) is 1.76. The van der Waals surface area contributed by atoms with Crippen LogP contribution in [0.15, 0.2) is 4.99 Å². The Morgan fingerprint density at radius 1 is 1.00 bits per heavy atom. The molecule has 2 nitrogen and oxygen atoms in total. The summed E-state index contributed by atoms with van der Waals surface area (Å²) in [6, 6.07) is 1.12. The van der Waals surface area contributed by atoms with Crippen molar-refractivity contribution in [3.63, 3.8) is 0 Å². The Labute approximate surface area is 119 Å². The van der Waals surface area contributed by atoms with Gasteiger partial charge in [-0.1, -0.05) is 40.0 Å². The number of hydrogen-bond acceptors (Lipinski definition) is 2. The normalized spacial score (nSPS) is 34.3. The number of piperidine rings is 1. The fourth-order valence-corrected chi connectivity index (χ4v) is 3.84. The van der Waals surface area contributed by atoms with E-state index in [1.807, 2.05) is 0 Å². The Balaban J connectivity index is 2.05. The highest BCUT2D eigenvalue weighted by molar-refractivity contribution is 5.87. The second-order valence-corrected chi connectivity index (χ2v) is 7.60. The number of hydrogen-bond donors (Lipinski definition) is 1. The van der Waals surface area contributed by atoms with Gasteiger partial charge in [-0.15, -0.1) is 0 Å². The molecule has 3 atom stereocenters. The summed E-state index contributed by atoms with van der Waals surface area (Å²) in [5.74, 6) is 0.764. The van der Waals surface area contributed by atoms with Crippen molar-refractivity contribution in [1.29, 1.82) is 0 Å². The monoisotopic (exact) mass is 264 g/mol. The number of aliphatic imine (C=N–C) groups is 1. The fraction of sp³-hybridized carbons (Fsp3) is 0.941. The lowest BCUT2D eigenvalue weighted by Gasteiger charge is -2.39. The summed E-state index contributed by atoms with van der Waals surface area (Å²) in [6.07, 6.45) is 9.40. The molecule has 19 heavy (non-hydrogen) atoms. The smallest absolute Gasteiger partial charge is 0.0532 e. The molecule has 1 saturated carbocycles. The molecule has 2 aliphatic rings. The summed E-state index contributed by atoms with van der Waals surface area (Å²) in [4.78, 5) is 5.16. The first-order chi connectivity index (χ1) is 8.98. The van der Waals surface area contributed by atoms with Gasteiger partial charge >= 0.3 is 0 Å². The highest BCUT2D eigenvalue weighted by Gasteiger charge is 2.34. The van der Waals surface area contributed by atoms with E-state index >= 15 is 0 Å². The largest absolute Gasteiger partial charge is 0.309 e. The number of nitrogens with zero attached hydrogens (tertiary/aromatic N) is 1. The molecule has 2 heteroatoms. The molecular weight excluding hydrogens is 232 g/mol. The molecule has 2 fully saturated rings. The molecule has 2 rings (SSSR count). The first-order valence-corrected chi connectivity index (χ1v) is 8.26. The second kappa shape index (κ2) is 6.39. The van der Waals surface area contributed by atoms with Crippen LogP contribution in [0.1, 0.15) is 72.6 Å². The topological polar surface area (TPSA) is 24.4 Å². The summed E-state index contributed by atoms with van der Waals surface area (Å²) in [6.45, 7) is 10.6. The zero-order valence-corrected chi connectivity index (χ0v) is 13.3. The molecule has 1 aliphatic carbocycles. The minimum atomic E-state index is 0.398. The molecule has 3 unspecified atom stereocenters. The molecule has 0 bridgehead atoms. The van der Waals surface area contributed by atoms with Gasteiger partial charge in [0.15, 0.2) is 0 Å². The van der Waals surface area contributed by atoms with Gasteiger partial charge in [0.2, 0.25) is 0 Å². The lowest BCUT2D eigenvalue weighted by atomic mass is 9.69. The van der Waals surface area contributed by atoms with Crippen LogP contribution < -0.4 is 5.32 Å². The van der Waals surface area contributed by atoms with E-state index in [9.17, 15) is 0 Å². The molecule has 0 amide bonds. The van der Waals surface area contributed by atoms with Gasteiger partial charge in [-0.2, -0.15) is 0 Å². The van der Waals surface area contributed by atoms with Crippen molar-refractivity contribution in [1.82, 2.24) is 5.32 Å². The Kier molecular flexibility index (Phi) is 5.05. The van der Waals surface area contributed by atoms with Crippen LogP contribution in [0.5, 0.6) is 0 Å². The van der Waals surface area contributed by atoms with Crippen molar-refractivity contribution < 1.29 is 0 Å². The molecule has 1 heterocycles. The van der Waals surface area contributed by atoms with Crippen molar-refractivity contribution >= 4 is 5.71 Å². The van der Waals surface area contributed by atoms with Crippen molar-refractivity contribution in [2.45, 2.75) is 84.7 Å². The molecular formula is C17H32N2.